The van der Waals surface area contributed by atoms with Crippen molar-refractivity contribution in [2.24, 2.45) is 0 Å². The third-order valence-electron chi connectivity index (χ3n) is 4.59. The van der Waals surface area contributed by atoms with Gasteiger partial charge in [-0.05, 0) is 66.3 Å². The highest BCUT2D eigenvalue weighted by molar-refractivity contribution is 7.99. The van der Waals surface area contributed by atoms with Gasteiger partial charge in [-0.2, -0.15) is 0 Å². The minimum atomic E-state index is -0.0735. The molecule has 0 bridgehead atoms. The lowest BCUT2D eigenvalue weighted by Gasteiger charge is -2.21. The van der Waals surface area contributed by atoms with E-state index in [4.69, 9.17) is 27.9 Å². The van der Waals surface area contributed by atoms with Gasteiger partial charge in [0.2, 0.25) is 5.91 Å². The Morgan fingerprint density at radius 2 is 1.86 bits per heavy atom. The molecule has 0 saturated carbocycles. The highest BCUT2D eigenvalue weighted by Crippen LogP contribution is 2.32. The van der Waals surface area contributed by atoms with Crippen molar-refractivity contribution < 1.29 is 9.53 Å². The van der Waals surface area contributed by atoms with Crippen LogP contribution in [0.5, 0.6) is 5.75 Å². The summed E-state index contributed by atoms with van der Waals surface area (Å²) in [7, 11) is 1.69. The van der Waals surface area contributed by atoms with Crippen LogP contribution in [0.4, 0.5) is 0 Å². The van der Waals surface area contributed by atoms with Crippen molar-refractivity contribution >= 4 is 40.9 Å². The molecule has 0 aliphatic heterocycles. The zero-order valence-corrected chi connectivity index (χ0v) is 19.3. The number of carbonyl (C=O) groups excluding carboxylic acids is 1. The molecule has 0 unspecified atom stereocenters. The van der Waals surface area contributed by atoms with E-state index < -0.39 is 0 Å². The number of benzene rings is 2. The maximum absolute atomic E-state index is 12.4. The molecule has 0 saturated heterocycles. The van der Waals surface area contributed by atoms with E-state index >= 15 is 0 Å². The van der Waals surface area contributed by atoms with Crippen LogP contribution >= 0.6 is 35.0 Å². The summed E-state index contributed by atoms with van der Waals surface area (Å²) in [6, 6.07) is 9.54. The largest absolute Gasteiger partial charge is 0.496 e. The summed E-state index contributed by atoms with van der Waals surface area (Å²) in [5.41, 5.74) is 4.35. The molecule has 2 aromatic rings. The Balaban J connectivity index is 1.97. The Hall–Kier alpha value is -1.36. The summed E-state index contributed by atoms with van der Waals surface area (Å²) in [4.78, 5) is 12.4. The Labute approximate surface area is 182 Å². The van der Waals surface area contributed by atoms with E-state index in [0.717, 1.165) is 28.0 Å². The molecule has 0 radical (unpaired) electrons. The van der Waals surface area contributed by atoms with Crippen molar-refractivity contribution in [2.75, 3.05) is 12.9 Å². The molecule has 0 aliphatic carbocycles. The van der Waals surface area contributed by atoms with E-state index in [2.05, 4.69) is 25.2 Å². The Morgan fingerprint density at radius 3 is 2.46 bits per heavy atom. The van der Waals surface area contributed by atoms with Crippen molar-refractivity contribution in [3.8, 4) is 5.75 Å². The van der Waals surface area contributed by atoms with Gasteiger partial charge < -0.3 is 10.1 Å². The SMILES string of the molecule is COc1cc(C)c([C@@H](C)NC(=O)CSCc2ccc(Cl)cc2Cl)cc1C(C)C. The number of thioether (sulfide) groups is 1. The van der Waals surface area contributed by atoms with E-state index in [-0.39, 0.29) is 11.9 Å². The van der Waals surface area contributed by atoms with Crippen LogP contribution in [0.25, 0.3) is 0 Å². The number of methoxy groups -OCH3 is 1. The highest BCUT2D eigenvalue weighted by Gasteiger charge is 2.17. The van der Waals surface area contributed by atoms with Crippen LogP contribution < -0.4 is 10.1 Å². The fourth-order valence-corrected chi connectivity index (χ4v) is 4.46. The van der Waals surface area contributed by atoms with E-state index in [0.29, 0.717) is 27.5 Å². The zero-order valence-electron chi connectivity index (χ0n) is 16.9. The molecule has 1 N–H and O–H groups in total. The summed E-state index contributed by atoms with van der Waals surface area (Å²) < 4.78 is 5.51. The van der Waals surface area contributed by atoms with Crippen LogP contribution in [0.2, 0.25) is 10.0 Å². The first-order valence-electron chi connectivity index (χ1n) is 9.22. The molecule has 0 aromatic heterocycles. The van der Waals surface area contributed by atoms with Crippen LogP contribution in [0.3, 0.4) is 0 Å². The van der Waals surface area contributed by atoms with Gasteiger partial charge in [0, 0.05) is 15.8 Å². The first-order chi connectivity index (χ1) is 13.2. The summed E-state index contributed by atoms with van der Waals surface area (Å²) in [6.07, 6.45) is 0. The van der Waals surface area contributed by atoms with Gasteiger partial charge in [0.1, 0.15) is 5.75 Å². The van der Waals surface area contributed by atoms with Crippen LogP contribution in [0.15, 0.2) is 30.3 Å². The standard InChI is InChI=1S/C22H27Cl2NO2S/c1-13(2)18-10-19(14(3)8-21(18)27-5)15(4)25-22(26)12-28-11-16-6-7-17(23)9-20(16)24/h6-10,13,15H,11-12H2,1-5H3,(H,25,26)/t15-/m1/s1. The molecule has 6 heteroatoms. The topological polar surface area (TPSA) is 38.3 Å². The minimum Gasteiger partial charge on any atom is -0.496 e. The molecule has 28 heavy (non-hydrogen) atoms. The fraction of sp³-hybridized carbons (Fsp3) is 0.409. The van der Waals surface area contributed by atoms with Gasteiger partial charge in [-0.25, -0.2) is 0 Å². The predicted molar refractivity (Wildman–Crippen MR) is 121 cm³/mol. The van der Waals surface area contributed by atoms with Crippen molar-refractivity contribution in [1.82, 2.24) is 5.32 Å². The number of hydrogen-bond acceptors (Lipinski definition) is 3. The molecule has 0 spiro atoms. The smallest absolute Gasteiger partial charge is 0.230 e. The van der Waals surface area contributed by atoms with Gasteiger partial charge in [-0.15, -0.1) is 11.8 Å². The van der Waals surface area contributed by atoms with Crippen molar-refractivity contribution in [3.05, 3.63) is 62.6 Å². The van der Waals surface area contributed by atoms with Gasteiger partial charge in [0.05, 0.1) is 18.9 Å². The molecule has 1 atom stereocenters. The number of amides is 1. The lowest BCUT2D eigenvalue weighted by atomic mass is 9.93. The molecular weight excluding hydrogens is 413 g/mol. The lowest BCUT2D eigenvalue weighted by molar-refractivity contribution is -0.119. The second kappa shape index (κ2) is 10.4. The molecule has 0 aliphatic rings. The molecule has 3 nitrogen and oxygen atoms in total. The number of hydrogen-bond donors (Lipinski definition) is 1. The fourth-order valence-electron chi connectivity index (χ4n) is 3.06. The monoisotopic (exact) mass is 439 g/mol. The third-order valence-corrected chi connectivity index (χ3v) is 6.16. The van der Waals surface area contributed by atoms with E-state index in [1.165, 1.54) is 11.8 Å². The van der Waals surface area contributed by atoms with Gasteiger partial charge in [-0.1, -0.05) is 43.1 Å². The second-order valence-electron chi connectivity index (χ2n) is 7.12. The average Bonchev–Trinajstić information content (AvgIpc) is 2.62. The molecule has 1 amide bonds. The van der Waals surface area contributed by atoms with Crippen LogP contribution in [0.1, 0.15) is 55.0 Å². The normalized spacial score (nSPS) is 12.1. The molecule has 2 rings (SSSR count). The number of ether oxygens (including phenoxy) is 1. The Kier molecular flexibility index (Phi) is 8.54. The third kappa shape index (κ3) is 6.07. The van der Waals surface area contributed by atoms with E-state index in [1.54, 1.807) is 13.2 Å². The average molecular weight is 440 g/mol. The van der Waals surface area contributed by atoms with E-state index in [9.17, 15) is 4.79 Å². The summed E-state index contributed by atoms with van der Waals surface area (Å²) >= 11 is 13.6. The van der Waals surface area contributed by atoms with Gasteiger partial charge in [0.15, 0.2) is 0 Å². The molecular formula is C22H27Cl2NO2S. The maximum atomic E-state index is 12.4. The van der Waals surface area contributed by atoms with Crippen LogP contribution in [-0.2, 0) is 10.5 Å². The molecule has 2 aromatic carbocycles. The van der Waals surface area contributed by atoms with E-state index in [1.807, 2.05) is 32.0 Å². The Bertz CT molecular complexity index is 840. The first-order valence-corrected chi connectivity index (χ1v) is 11.1. The summed E-state index contributed by atoms with van der Waals surface area (Å²) in [6.45, 7) is 8.33. The van der Waals surface area contributed by atoms with Crippen molar-refractivity contribution in [2.45, 2.75) is 45.4 Å². The number of aryl methyl sites for hydroxylation is 1. The summed E-state index contributed by atoms with van der Waals surface area (Å²) in [5.74, 6) is 2.28. The second-order valence-corrected chi connectivity index (χ2v) is 8.95. The molecule has 152 valence electrons. The van der Waals surface area contributed by atoms with Gasteiger partial charge in [-0.3, -0.25) is 4.79 Å². The number of rotatable bonds is 8. The minimum absolute atomic E-state index is 0.00361. The van der Waals surface area contributed by atoms with Crippen molar-refractivity contribution in [1.29, 1.82) is 0 Å². The quantitative estimate of drug-likeness (QED) is 0.506. The number of carbonyl (C=O) groups is 1. The molecule has 0 fully saturated rings. The van der Waals surface area contributed by atoms with Gasteiger partial charge >= 0.3 is 0 Å². The van der Waals surface area contributed by atoms with Crippen molar-refractivity contribution in [3.63, 3.8) is 0 Å². The predicted octanol–water partition coefficient (Wildman–Crippen LogP) is 6.54. The maximum Gasteiger partial charge on any atom is 0.230 e. The number of halogens is 2. The zero-order chi connectivity index (χ0) is 20.8. The molecule has 0 heterocycles. The number of nitrogens with one attached hydrogen (secondary N) is 1. The lowest BCUT2D eigenvalue weighted by Crippen LogP contribution is -2.28. The Morgan fingerprint density at radius 1 is 1.14 bits per heavy atom. The highest BCUT2D eigenvalue weighted by atomic mass is 35.5. The van der Waals surface area contributed by atoms with Crippen LogP contribution in [-0.4, -0.2) is 18.8 Å². The summed E-state index contributed by atoms with van der Waals surface area (Å²) in [5, 5.41) is 4.34. The first kappa shape index (κ1) is 22.9. The van der Waals surface area contributed by atoms with Gasteiger partial charge in [0.25, 0.3) is 0 Å². The van der Waals surface area contributed by atoms with Crippen LogP contribution in [0, 0.1) is 6.92 Å².